The van der Waals surface area contributed by atoms with Gasteiger partial charge in [-0.1, -0.05) is 0 Å². The summed E-state index contributed by atoms with van der Waals surface area (Å²) >= 11 is 0.482. The van der Waals surface area contributed by atoms with Gasteiger partial charge in [0.25, 0.3) is 0 Å². The average Bonchev–Trinajstić information content (AvgIpc) is 3.10. The van der Waals surface area contributed by atoms with Crippen molar-refractivity contribution < 1.29 is 4.74 Å². The molecule has 1 saturated carbocycles. The molecule has 3 rings (SSSR count). The van der Waals surface area contributed by atoms with Crippen LogP contribution < -0.4 is 4.74 Å². The number of hydrogen-bond acceptors (Lipinski definition) is 2. The second kappa shape index (κ2) is 6.73. The third-order valence-corrected chi connectivity index (χ3v) is 6.73. The minimum absolute atomic E-state index is 0.361. The number of benzene rings is 1. The second-order valence-corrected chi connectivity index (χ2v) is 8.08. The third kappa shape index (κ3) is 3.47. The molecule has 1 aromatic rings. The number of fused-ring (bicyclic) bond motifs is 1. The van der Waals surface area contributed by atoms with E-state index < -0.39 is 0 Å². The minimum atomic E-state index is 0.361. The number of ether oxygens (including phenoxy) is 1. The van der Waals surface area contributed by atoms with Crippen LogP contribution in [0.2, 0.25) is 5.32 Å². The topological polar surface area (TPSA) is 12.5 Å². The Morgan fingerprint density at radius 1 is 1.29 bits per heavy atom. The van der Waals surface area contributed by atoms with Crippen LogP contribution in [-0.2, 0) is 6.42 Å². The molecule has 111 valence electrons. The van der Waals surface area contributed by atoms with Crippen molar-refractivity contribution in [1.82, 2.24) is 4.90 Å². The van der Waals surface area contributed by atoms with E-state index in [0.717, 1.165) is 17.5 Å². The van der Waals surface area contributed by atoms with Crippen molar-refractivity contribution in [2.45, 2.75) is 30.8 Å². The van der Waals surface area contributed by atoms with Gasteiger partial charge in [0.1, 0.15) is 0 Å². The predicted octanol–water partition coefficient (Wildman–Crippen LogP) is 2.80. The van der Waals surface area contributed by atoms with E-state index in [2.05, 4.69) is 69.4 Å². The Hall–Kier alpha value is -0.501. The van der Waals surface area contributed by atoms with Gasteiger partial charge in [-0.25, -0.2) is 0 Å². The van der Waals surface area contributed by atoms with E-state index in [1.165, 1.54) is 16.3 Å². The summed E-state index contributed by atoms with van der Waals surface area (Å²) in [7, 11) is 4.29. The molecule has 2 nitrogen and oxygen atoms in total. The van der Waals surface area contributed by atoms with Crippen LogP contribution in [0.1, 0.15) is 12.5 Å². The van der Waals surface area contributed by atoms with Gasteiger partial charge in [-0.15, -0.1) is 0 Å². The summed E-state index contributed by atoms with van der Waals surface area (Å²) in [5, 5.41) is 1.15. The molecule has 2 aliphatic rings. The summed E-state index contributed by atoms with van der Waals surface area (Å²) in [5.41, 5.74) is 1.36. The van der Waals surface area contributed by atoms with Crippen molar-refractivity contribution in [3.05, 3.63) is 59.8 Å². The number of nitrogens with zero attached hydrogens (tertiary/aromatic N) is 1. The summed E-state index contributed by atoms with van der Waals surface area (Å²) in [6.07, 6.45) is 8.18. The van der Waals surface area contributed by atoms with Crippen LogP contribution in [-0.4, -0.2) is 46.1 Å². The second-order valence-electron chi connectivity index (χ2n) is 5.85. The zero-order chi connectivity index (χ0) is 14.8. The summed E-state index contributed by atoms with van der Waals surface area (Å²) in [4.78, 5) is 3.81. The summed E-state index contributed by atoms with van der Waals surface area (Å²) in [5.74, 6) is 2.57. The number of hydrogen-bond donors (Lipinski definition) is 0. The average molecular weight is 347 g/mol. The van der Waals surface area contributed by atoms with Crippen LogP contribution in [0, 0.1) is 30.0 Å². The van der Waals surface area contributed by atoms with Crippen LogP contribution in [0.15, 0.2) is 24.3 Å². The number of para-hydroxylation sites is 1. The molecule has 0 N–H and O–H groups in total. The van der Waals surface area contributed by atoms with Gasteiger partial charge >= 0.3 is 135 Å². The van der Waals surface area contributed by atoms with Crippen molar-refractivity contribution in [3.8, 4) is 5.75 Å². The molecule has 1 aliphatic carbocycles. The van der Waals surface area contributed by atoms with E-state index in [9.17, 15) is 0 Å². The Labute approximate surface area is 135 Å². The normalized spacial score (nSPS) is 24.3. The van der Waals surface area contributed by atoms with Gasteiger partial charge in [0.15, 0.2) is 0 Å². The fourth-order valence-corrected chi connectivity index (χ4v) is 5.08. The van der Waals surface area contributed by atoms with Crippen LogP contribution >= 0.6 is 0 Å². The molecule has 0 bridgehead atoms. The standard InChI is InChI=1S/C18H22NOSe/c1-13(19(2)3)16-8-6-10-18(16)21-12-15-11-14-7-4-5-9-17(14)20-15/h4-10,13,15H,11-12H2,1-3H3/t13-,15?/m1/s1. The molecule has 1 unspecified atom stereocenters. The SMILES string of the molecule is C[C@H]([C]1[CH][CH][CH][C]1[Se]CC1Cc2ccccc2O1)N(C)C. The van der Waals surface area contributed by atoms with E-state index in [0.29, 0.717) is 27.1 Å². The van der Waals surface area contributed by atoms with Gasteiger partial charge in [0.05, 0.1) is 0 Å². The van der Waals surface area contributed by atoms with Crippen molar-refractivity contribution in [3.63, 3.8) is 0 Å². The zero-order valence-corrected chi connectivity index (χ0v) is 14.6. The quantitative estimate of drug-likeness (QED) is 0.760. The van der Waals surface area contributed by atoms with Gasteiger partial charge in [-0.2, -0.15) is 0 Å². The monoisotopic (exact) mass is 348 g/mol. The number of rotatable bonds is 5. The third-order valence-electron chi connectivity index (χ3n) is 4.17. The van der Waals surface area contributed by atoms with E-state index in [-0.39, 0.29) is 0 Å². The van der Waals surface area contributed by atoms with Crippen LogP contribution in [0.3, 0.4) is 0 Å². The Balaban J connectivity index is 1.52. The van der Waals surface area contributed by atoms with Gasteiger partial charge in [-0.3, -0.25) is 0 Å². The molecule has 1 fully saturated rings. The van der Waals surface area contributed by atoms with Crippen LogP contribution in [0.4, 0.5) is 0 Å². The molecule has 0 saturated heterocycles. The molecular weight excluding hydrogens is 325 g/mol. The summed E-state index contributed by atoms with van der Waals surface area (Å²) in [6.45, 7) is 2.27. The molecule has 3 heteroatoms. The van der Waals surface area contributed by atoms with Crippen LogP contribution in [0.25, 0.3) is 0 Å². The maximum absolute atomic E-state index is 6.06. The van der Waals surface area contributed by atoms with E-state index >= 15 is 0 Å². The summed E-state index contributed by atoms with van der Waals surface area (Å²) < 4.78 is 6.06. The maximum atomic E-state index is 6.06. The molecule has 0 spiro atoms. The van der Waals surface area contributed by atoms with E-state index in [4.69, 9.17) is 4.74 Å². The first-order valence-electron chi connectivity index (χ1n) is 7.44. The molecule has 21 heavy (non-hydrogen) atoms. The Bertz CT molecular complexity index is 451. The first-order chi connectivity index (χ1) is 10.1. The van der Waals surface area contributed by atoms with Crippen molar-refractivity contribution in [1.29, 1.82) is 0 Å². The van der Waals surface area contributed by atoms with Crippen LogP contribution in [0.5, 0.6) is 5.75 Å². The molecule has 1 aliphatic heterocycles. The fraction of sp³-hybridized carbons (Fsp3) is 0.389. The summed E-state index contributed by atoms with van der Waals surface area (Å²) in [6, 6.07) is 8.91. The molecule has 1 heterocycles. The van der Waals surface area contributed by atoms with Gasteiger partial charge in [0.2, 0.25) is 0 Å². The van der Waals surface area contributed by atoms with Gasteiger partial charge < -0.3 is 0 Å². The Kier molecular flexibility index (Phi) is 4.93. The first kappa shape index (κ1) is 15.4. The van der Waals surface area contributed by atoms with E-state index in [1.807, 2.05) is 0 Å². The van der Waals surface area contributed by atoms with E-state index in [1.54, 1.807) is 0 Å². The zero-order valence-electron chi connectivity index (χ0n) is 12.9. The Morgan fingerprint density at radius 2 is 2.10 bits per heavy atom. The molecule has 2 atom stereocenters. The molecule has 0 aromatic heterocycles. The molecule has 5 radical (unpaired) electrons. The van der Waals surface area contributed by atoms with Gasteiger partial charge in [-0.05, 0) is 0 Å². The molecular formula is C18H22NOSe. The fourth-order valence-electron chi connectivity index (χ4n) is 2.70. The van der Waals surface area contributed by atoms with Crippen molar-refractivity contribution in [2.24, 2.45) is 0 Å². The van der Waals surface area contributed by atoms with Crippen molar-refractivity contribution in [2.75, 3.05) is 14.1 Å². The molecule has 1 aromatic carbocycles. The Morgan fingerprint density at radius 3 is 2.86 bits per heavy atom. The van der Waals surface area contributed by atoms with Crippen molar-refractivity contribution >= 4 is 15.0 Å². The van der Waals surface area contributed by atoms with Gasteiger partial charge in [0, 0.05) is 0 Å². The molecule has 0 amide bonds. The first-order valence-corrected chi connectivity index (χ1v) is 9.51. The predicted molar refractivity (Wildman–Crippen MR) is 87.7 cm³/mol.